The summed E-state index contributed by atoms with van der Waals surface area (Å²) >= 11 is 0. The minimum absolute atomic E-state index is 0.0276. The maximum Gasteiger partial charge on any atom is 0.326 e. The smallest absolute Gasteiger partial charge is 0.323 e. The first-order valence-electron chi connectivity index (χ1n) is 9.04. The van der Waals surface area contributed by atoms with Gasteiger partial charge >= 0.3 is 6.03 Å². The van der Waals surface area contributed by atoms with Crippen LogP contribution in [-0.4, -0.2) is 46.5 Å². The van der Waals surface area contributed by atoms with Crippen molar-refractivity contribution >= 4 is 11.9 Å². The highest BCUT2D eigenvalue weighted by molar-refractivity contribution is 6.07. The second kappa shape index (κ2) is 6.57. The Kier molecular flexibility index (Phi) is 4.71. The Morgan fingerprint density at radius 1 is 1.09 bits per heavy atom. The Labute approximate surface area is 133 Å². The van der Waals surface area contributed by atoms with Crippen molar-refractivity contribution in [2.24, 2.45) is 0 Å². The topological polar surface area (TPSA) is 52.6 Å². The average molecular weight is 307 g/mol. The monoisotopic (exact) mass is 307 g/mol. The predicted octanol–water partition coefficient (Wildman–Crippen LogP) is 2.85. The fourth-order valence-electron chi connectivity index (χ4n) is 4.37. The lowest BCUT2D eigenvalue weighted by Gasteiger charge is -2.37. The Hall–Kier alpha value is -1.10. The van der Waals surface area contributed by atoms with Gasteiger partial charge in [0.15, 0.2) is 0 Å². The molecule has 1 saturated carbocycles. The Morgan fingerprint density at radius 2 is 1.82 bits per heavy atom. The van der Waals surface area contributed by atoms with Crippen LogP contribution in [0.3, 0.4) is 0 Å². The lowest BCUT2D eigenvalue weighted by atomic mass is 9.90. The highest BCUT2D eigenvalue weighted by Gasteiger charge is 2.51. The quantitative estimate of drug-likeness (QED) is 0.816. The number of carbonyl (C=O) groups is 2. The van der Waals surface area contributed by atoms with Crippen LogP contribution < -0.4 is 5.32 Å². The fourth-order valence-corrected chi connectivity index (χ4v) is 4.37. The van der Waals surface area contributed by atoms with E-state index in [9.17, 15) is 9.59 Å². The molecular formula is C17H29N3O2. The molecule has 3 amide bonds. The molecule has 124 valence electrons. The van der Waals surface area contributed by atoms with Gasteiger partial charge in [0.1, 0.15) is 5.54 Å². The molecule has 5 nitrogen and oxygen atoms in total. The molecule has 3 aliphatic rings. The molecule has 1 N–H and O–H groups in total. The Morgan fingerprint density at radius 3 is 2.50 bits per heavy atom. The summed E-state index contributed by atoms with van der Waals surface area (Å²) in [5.74, 6) is 0.0276. The number of amides is 3. The van der Waals surface area contributed by atoms with Gasteiger partial charge in [-0.3, -0.25) is 9.69 Å². The van der Waals surface area contributed by atoms with Crippen LogP contribution in [0, 0.1) is 0 Å². The summed E-state index contributed by atoms with van der Waals surface area (Å²) in [5, 5.41) is 3.04. The van der Waals surface area contributed by atoms with Gasteiger partial charge in [0.2, 0.25) is 0 Å². The Balaban J connectivity index is 1.71. The SMILES string of the molecule is CC[C@@H]1CCCCN1CN1C(=O)NC2(CCCCCC2)C1=O. The highest BCUT2D eigenvalue weighted by Crippen LogP contribution is 2.33. The molecule has 0 aromatic rings. The summed E-state index contributed by atoms with van der Waals surface area (Å²) in [6.45, 7) is 3.68. The summed E-state index contributed by atoms with van der Waals surface area (Å²) < 4.78 is 0. The van der Waals surface area contributed by atoms with E-state index in [2.05, 4.69) is 17.1 Å². The lowest BCUT2D eigenvalue weighted by Crippen LogP contribution is -2.50. The lowest BCUT2D eigenvalue weighted by molar-refractivity contribution is -0.133. The first-order chi connectivity index (χ1) is 10.7. The zero-order valence-electron chi connectivity index (χ0n) is 13.8. The number of likely N-dealkylation sites (tertiary alicyclic amines) is 1. The number of piperidine rings is 1. The van der Waals surface area contributed by atoms with E-state index >= 15 is 0 Å². The number of carbonyl (C=O) groups excluding carboxylic acids is 2. The number of urea groups is 1. The fraction of sp³-hybridized carbons (Fsp3) is 0.882. The molecule has 0 aromatic carbocycles. The highest BCUT2D eigenvalue weighted by atomic mass is 16.2. The van der Waals surface area contributed by atoms with Crippen LogP contribution in [0.25, 0.3) is 0 Å². The van der Waals surface area contributed by atoms with Gasteiger partial charge in [-0.1, -0.05) is 39.0 Å². The molecule has 3 rings (SSSR count). The number of nitrogens with one attached hydrogen (secondary N) is 1. The minimum atomic E-state index is -0.592. The van der Waals surface area contributed by atoms with Crippen molar-refractivity contribution in [2.45, 2.75) is 82.7 Å². The summed E-state index contributed by atoms with van der Waals surface area (Å²) in [6, 6.07) is 0.340. The molecule has 22 heavy (non-hydrogen) atoms. The zero-order valence-corrected chi connectivity index (χ0v) is 13.8. The summed E-state index contributed by atoms with van der Waals surface area (Å²) in [4.78, 5) is 29.2. The van der Waals surface area contributed by atoms with Crippen molar-refractivity contribution in [3.05, 3.63) is 0 Å². The summed E-state index contributed by atoms with van der Waals surface area (Å²) in [5.41, 5.74) is -0.592. The van der Waals surface area contributed by atoms with Crippen molar-refractivity contribution in [3.8, 4) is 0 Å². The molecule has 0 radical (unpaired) electrons. The van der Waals surface area contributed by atoms with Gasteiger partial charge in [0, 0.05) is 12.6 Å². The van der Waals surface area contributed by atoms with Crippen LogP contribution in [-0.2, 0) is 4.79 Å². The number of rotatable bonds is 3. The molecule has 0 bridgehead atoms. The van der Waals surface area contributed by atoms with Gasteiger partial charge < -0.3 is 5.32 Å². The third-order valence-corrected chi connectivity index (χ3v) is 5.75. The molecule has 2 aliphatic heterocycles. The largest absolute Gasteiger partial charge is 0.326 e. The van der Waals surface area contributed by atoms with E-state index in [1.807, 2.05) is 0 Å². The van der Waals surface area contributed by atoms with Crippen LogP contribution in [0.4, 0.5) is 4.79 Å². The van der Waals surface area contributed by atoms with Crippen molar-refractivity contribution in [3.63, 3.8) is 0 Å². The first-order valence-corrected chi connectivity index (χ1v) is 9.04. The van der Waals surface area contributed by atoms with E-state index in [1.54, 1.807) is 0 Å². The molecule has 5 heteroatoms. The van der Waals surface area contributed by atoms with Gasteiger partial charge in [-0.25, -0.2) is 9.69 Å². The molecule has 2 heterocycles. The van der Waals surface area contributed by atoms with Crippen molar-refractivity contribution in [2.75, 3.05) is 13.2 Å². The second-order valence-corrected chi connectivity index (χ2v) is 7.17. The van der Waals surface area contributed by atoms with Gasteiger partial charge in [-0.15, -0.1) is 0 Å². The number of imide groups is 1. The number of hydrogen-bond acceptors (Lipinski definition) is 3. The summed E-state index contributed by atoms with van der Waals surface area (Å²) in [6.07, 6.45) is 10.8. The maximum absolute atomic E-state index is 12.9. The third-order valence-electron chi connectivity index (χ3n) is 5.75. The summed E-state index contributed by atoms with van der Waals surface area (Å²) in [7, 11) is 0. The van der Waals surface area contributed by atoms with Gasteiger partial charge in [-0.2, -0.15) is 0 Å². The molecule has 1 aliphatic carbocycles. The van der Waals surface area contributed by atoms with Crippen LogP contribution >= 0.6 is 0 Å². The Bertz CT molecular complexity index is 430. The van der Waals surface area contributed by atoms with E-state index in [0.717, 1.165) is 38.6 Å². The molecule has 0 aromatic heterocycles. The van der Waals surface area contributed by atoms with Gasteiger partial charge in [-0.05, 0) is 32.1 Å². The van der Waals surface area contributed by atoms with Crippen molar-refractivity contribution < 1.29 is 9.59 Å². The van der Waals surface area contributed by atoms with Crippen LogP contribution in [0.2, 0.25) is 0 Å². The van der Waals surface area contributed by atoms with Gasteiger partial charge in [0.05, 0.1) is 6.67 Å². The molecule has 1 spiro atoms. The van der Waals surface area contributed by atoms with Gasteiger partial charge in [0.25, 0.3) is 5.91 Å². The zero-order chi connectivity index (χ0) is 15.6. The third kappa shape index (κ3) is 2.87. The molecule has 0 unspecified atom stereocenters. The number of hydrogen-bond donors (Lipinski definition) is 1. The standard InChI is InChI=1S/C17H29N3O2/c1-2-14-9-5-8-12-19(14)13-20-15(21)17(18-16(20)22)10-6-3-4-7-11-17/h14H,2-13H2,1H3,(H,18,22)/t14-/m1/s1. The first kappa shape index (κ1) is 15.8. The number of nitrogens with zero attached hydrogens (tertiary/aromatic N) is 2. The van der Waals surface area contributed by atoms with Crippen LogP contribution in [0.5, 0.6) is 0 Å². The van der Waals surface area contributed by atoms with E-state index in [4.69, 9.17) is 0 Å². The molecular weight excluding hydrogens is 278 g/mol. The van der Waals surface area contributed by atoms with Crippen molar-refractivity contribution in [1.29, 1.82) is 0 Å². The predicted molar refractivity (Wildman–Crippen MR) is 85.3 cm³/mol. The van der Waals surface area contributed by atoms with E-state index in [-0.39, 0.29) is 11.9 Å². The van der Waals surface area contributed by atoms with E-state index < -0.39 is 5.54 Å². The molecule has 3 fully saturated rings. The minimum Gasteiger partial charge on any atom is -0.323 e. The van der Waals surface area contributed by atoms with E-state index in [0.29, 0.717) is 12.7 Å². The normalized spacial score (nSPS) is 29.7. The van der Waals surface area contributed by atoms with Crippen LogP contribution in [0.1, 0.15) is 71.1 Å². The van der Waals surface area contributed by atoms with Crippen LogP contribution in [0.15, 0.2) is 0 Å². The van der Waals surface area contributed by atoms with Crippen molar-refractivity contribution in [1.82, 2.24) is 15.1 Å². The molecule has 1 atom stereocenters. The average Bonchev–Trinajstić information content (AvgIpc) is 2.71. The second-order valence-electron chi connectivity index (χ2n) is 7.17. The van der Waals surface area contributed by atoms with E-state index in [1.165, 1.54) is 37.0 Å². The maximum atomic E-state index is 12.9. The molecule has 2 saturated heterocycles.